The summed E-state index contributed by atoms with van der Waals surface area (Å²) in [6, 6.07) is 7.74. The Morgan fingerprint density at radius 2 is 2.17 bits per heavy atom. The number of aryl methyl sites for hydroxylation is 1. The van der Waals surface area contributed by atoms with Crippen molar-refractivity contribution in [3.63, 3.8) is 0 Å². The van der Waals surface area contributed by atoms with Crippen molar-refractivity contribution < 1.29 is 23.8 Å². The smallest absolute Gasteiger partial charge is 0.343 e. The van der Waals surface area contributed by atoms with Crippen molar-refractivity contribution in [3.05, 3.63) is 29.8 Å². The lowest BCUT2D eigenvalue weighted by Crippen LogP contribution is -2.38. The molecule has 1 heterocycles. The molecule has 0 aliphatic carbocycles. The number of hydrogen-bond acceptors (Lipinski definition) is 3. The zero-order valence-corrected chi connectivity index (χ0v) is 13.3. The molecule has 126 valence electrons. The van der Waals surface area contributed by atoms with Gasteiger partial charge in [0.25, 0.3) is 0 Å². The Hall–Kier alpha value is -2.11. The highest BCUT2D eigenvalue weighted by Gasteiger charge is 2.46. The molecule has 1 aliphatic heterocycles. The first-order valence-corrected chi connectivity index (χ1v) is 7.80. The van der Waals surface area contributed by atoms with Crippen molar-refractivity contribution in [1.29, 1.82) is 0 Å². The first-order chi connectivity index (χ1) is 10.9. The fourth-order valence-corrected chi connectivity index (χ4v) is 2.59. The number of alkyl halides is 1. The van der Waals surface area contributed by atoms with Crippen LogP contribution in [0.5, 0.6) is 5.75 Å². The highest BCUT2D eigenvalue weighted by molar-refractivity contribution is 5.82. The molecular formula is C17H22FNO4. The molecular weight excluding hydrogens is 301 g/mol. The molecule has 0 radical (unpaired) electrons. The van der Waals surface area contributed by atoms with Crippen LogP contribution in [0.25, 0.3) is 0 Å². The Morgan fingerprint density at radius 3 is 2.83 bits per heavy atom. The molecule has 23 heavy (non-hydrogen) atoms. The molecule has 0 spiro atoms. The summed E-state index contributed by atoms with van der Waals surface area (Å²) in [6.07, 6.45) is 1.50. The largest absolute Gasteiger partial charge is 0.494 e. The summed E-state index contributed by atoms with van der Waals surface area (Å²) in [5, 5.41) is 8.82. The summed E-state index contributed by atoms with van der Waals surface area (Å²) in [4.78, 5) is 24.1. The van der Waals surface area contributed by atoms with Gasteiger partial charge in [-0.25, -0.2) is 9.18 Å². The van der Waals surface area contributed by atoms with Gasteiger partial charge in [0.2, 0.25) is 11.6 Å². The van der Waals surface area contributed by atoms with E-state index in [9.17, 15) is 14.0 Å². The number of rotatable bonds is 7. The number of aliphatic carboxylic acids is 1. The molecule has 1 saturated heterocycles. The van der Waals surface area contributed by atoms with E-state index in [-0.39, 0.29) is 31.8 Å². The van der Waals surface area contributed by atoms with Gasteiger partial charge in [0, 0.05) is 19.4 Å². The number of amides is 1. The zero-order valence-electron chi connectivity index (χ0n) is 13.3. The molecule has 0 bridgehead atoms. The second kappa shape index (κ2) is 7.44. The van der Waals surface area contributed by atoms with Gasteiger partial charge in [-0.3, -0.25) is 4.79 Å². The van der Waals surface area contributed by atoms with E-state index in [1.54, 1.807) is 0 Å². The Labute approximate surface area is 135 Å². The minimum Gasteiger partial charge on any atom is -0.494 e. The highest BCUT2D eigenvalue weighted by atomic mass is 19.1. The van der Waals surface area contributed by atoms with Crippen LogP contribution in [0.2, 0.25) is 0 Å². The lowest BCUT2D eigenvalue weighted by Gasteiger charge is -2.17. The van der Waals surface area contributed by atoms with E-state index in [1.165, 1.54) is 4.90 Å². The Balaban J connectivity index is 1.65. The zero-order chi connectivity index (χ0) is 16.9. The van der Waals surface area contributed by atoms with Crippen molar-refractivity contribution in [2.45, 2.75) is 38.3 Å². The van der Waals surface area contributed by atoms with Gasteiger partial charge >= 0.3 is 5.97 Å². The van der Waals surface area contributed by atoms with Crippen LogP contribution in [-0.2, 0) is 9.59 Å². The van der Waals surface area contributed by atoms with Crippen LogP contribution in [0.4, 0.5) is 4.39 Å². The molecule has 1 amide bonds. The lowest BCUT2D eigenvalue weighted by molar-refractivity contribution is -0.150. The monoisotopic (exact) mass is 323 g/mol. The standard InChI is InChI=1S/C17H22FNO4/c1-13-5-4-6-14(11-13)23-10-3-2-7-15(20)19-9-8-17(18,12-19)16(21)22/h4-6,11H,2-3,7-10,12H2,1H3,(H,21,22). The van der Waals surface area contributed by atoms with Crippen LogP contribution in [-0.4, -0.2) is 47.2 Å². The summed E-state index contributed by atoms with van der Waals surface area (Å²) in [5.41, 5.74) is -1.16. The van der Waals surface area contributed by atoms with Crippen molar-refractivity contribution in [1.82, 2.24) is 4.90 Å². The van der Waals surface area contributed by atoms with Crippen molar-refractivity contribution in [2.24, 2.45) is 0 Å². The summed E-state index contributed by atoms with van der Waals surface area (Å²) in [6.45, 7) is 2.32. The molecule has 1 aliphatic rings. The van der Waals surface area contributed by atoms with Crippen molar-refractivity contribution in [3.8, 4) is 5.75 Å². The van der Waals surface area contributed by atoms with Gasteiger partial charge in [-0.15, -0.1) is 0 Å². The van der Waals surface area contributed by atoms with Gasteiger partial charge in [0.15, 0.2) is 0 Å². The number of carboxylic acids is 1. The van der Waals surface area contributed by atoms with Gasteiger partial charge in [-0.05, 0) is 37.5 Å². The summed E-state index contributed by atoms with van der Waals surface area (Å²) in [5.74, 6) is -0.875. The molecule has 0 aromatic heterocycles. The predicted molar refractivity (Wildman–Crippen MR) is 83.2 cm³/mol. The van der Waals surface area contributed by atoms with E-state index < -0.39 is 11.6 Å². The number of carbonyl (C=O) groups is 2. The maximum Gasteiger partial charge on any atom is 0.343 e. The van der Waals surface area contributed by atoms with E-state index in [2.05, 4.69) is 0 Å². The maximum atomic E-state index is 13.9. The number of nitrogens with zero attached hydrogens (tertiary/aromatic N) is 1. The number of halogens is 1. The molecule has 1 unspecified atom stereocenters. The molecule has 0 saturated carbocycles. The molecule has 1 N–H and O–H groups in total. The normalized spacial score (nSPS) is 20.5. The van der Waals surface area contributed by atoms with Crippen molar-refractivity contribution >= 4 is 11.9 Å². The third-order valence-electron chi connectivity index (χ3n) is 4.00. The van der Waals surface area contributed by atoms with E-state index in [0.717, 1.165) is 11.3 Å². The minimum atomic E-state index is -2.29. The third kappa shape index (κ3) is 4.68. The van der Waals surface area contributed by atoms with Gasteiger partial charge in [0.1, 0.15) is 5.75 Å². The summed E-state index contributed by atoms with van der Waals surface area (Å²) in [7, 11) is 0. The molecule has 2 rings (SSSR count). The number of carbonyl (C=O) groups excluding carboxylic acids is 1. The van der Waals surface area contributed by atoms with E-state index >= 15 is 0 Å². The quantitative estimate of drug-likeness (QED) is 0.783. The highest BCUT2D eigenvalue weighted by Crippen LogP contribution is 2.26. The molecule has 1 aromatic carbocycles. The van der Waals surface area contributed by atoms with E-state index in [0.29, 0.717) is 19.4 Å². The number of likely N-dealkylation sites (tertiary alicyclic amines) is 1. The van der Waals surface area contributed by atoms with Gasteiger partial charge in [0.05, 0.1) is 13.2 Å². The second-order valence-electron chi connectivity index (χ2n) is 5.96. The molecule has 1 aromatic rings. The topological polar surface area (TPSA) is 66.8 Å². The van der Waals surface area contributed by atoms with Gasteiger partial charge in [-0.1, -0.05) is 12.1 Å². The number of carboxylic acid groups (broad SMARTS) is 1. The van der Waals surface area contributed by atoms with Crippen LogP contribution in [0.15, 0.2) is 24.3 Å². The Morgan fingerprint density at radius 1 is 1.39 bits per heavy atom. The minimum absolute atomic E-state index is 0.134. The molecule has 1 fully saturated rings. The van der Waals surface area contributed by atoms with E-state index in [4.69, 9.17) is 9.84 Å². The summed E-state index contributed by atoms with van der Waals surface area (Å²) < 4.78 is 19.5. The number of hydrogen-bond donors (Lipinski definition) is 1. The molecule has 6 heteroatoms. The van der Waals surface area contributed by atoms with Crippen LogP contribution in [0.3, 0.4) is 0 Å². The summed E-state index contributed by atoms with van der Waals surface area (Å²) >= 11 is 0. The lowest BCUT2D eigenvalue weighted by atomic mass is 10.1. The first kappa shape index (κ1) is 17.2. The van der Waals surface area contributed by atoms with Gasteiger partial charge < -0.3 is 14.7 Å². The second-order valence-corrected chi connectivity index (χ2v) is 5.96. The van der Waals surface area contributed by atoms with E-state index in [1.807, 2.05) is 31.2 Å². The van der Waals surface area contributed by atoms with Crippen LogP contribution in [0, 0.1) is 6.92 Å². The maximum absolute atomic E-state index is 13.9. The third-order valence-corrected chi connectivity index (χ3v) is 4.00. The average molecular weight is 323 g/mol. The Kier molecular flexibility index (Phi) is 5.58. The molecule has 5 nitrogen and oxygen atoms in total. The van der Waals surface area contributed by atoms with Crippen LogP contribution >= 0.6 is 0 Å². The number of ether oxygens (including phenoxy) is 1. The number of unbranched alkanes of at least 4 members (excludes halogenated alkanes) is 1. The first-order valence-electron chi connectivity index (χ1n) is 7.80. The Bertz CT molecular complexity index is 577. The molecule has 1 atom stereocenters. The predicted octanol–water partition coefficient (Wildman–Crippen LogP) is 2.57. The van der Waals surface area contributed by atoms with Crippen LogP contribution in [0.1, 0.15) is 31.2 Å². The fourth-order valence-electron chi connectivity index (χ4n) is 2.59. The van der Waals surface area contributed by atoms with Gasteiger partial charge in [-0.2, -0.15) is 0 Å². The fraction of sp³-hybridized carbons (Fsp3) is 0.529. The SMILES string of the molecule is Cc1cccc(OCCCCC(=O)N2CCC(F)(C(=O)O)C2)c1. The number of benzene rings is 1. The average Bonchev–Trinajstić information content (AvgIpc) is 2.91. The van der Waals surface area contributed by atoms with Crippen molar-refractivity contribution in [2.75, 3.05) is 19.7 Å². The van der Waals surface area contributed by atoms with Crippen LogP contribution < -0.4 is 4.74 Å².